The van der Waals surface area contributed by atoms with Crippen LogP contribution in [0.3, 0.4) is 0 Å². The highest BCUT2D eigenvalue weighted by molar-refractivity contribution is 5.90. The van der Waals surface area contributed by atoms with Gasteiger partial charge in [0.15, 0.2) is 0 Å². The summed E-state index contributed by atoms with van der Waals surface area (Å²) < 4.78 is 10.4. The fourth-order valence-electron chi connectivity index (χ4n) is 2.35. The van der Waals surface area contributed by atoms with Crippen LogP contribution in [0.1, 0.15) is 19.8 Å². The first-order valence-corrected chi connectivity index (χ1v) is 6.85. The van der Waals surface area contributed by atoms with Gasteiger partial charge in [-0.05, 0) is 37.8 Å². The minimum atomic E-state index is -0.240. The van der Waals surface area contributed by atoms with Crippen molar-refractivity contribution < 1.29 is 14.3 Å². The Bertz CT molecular complexity index is 447. The average molecular weight is 279 g/mol. The van der Waals surface area contributed by atoms with E-state index in [4.69, 9.17) is 9.47 Å². The summed E-state index contributed by atoms with van der Waals surface area (Å²) in [5.41, 5.74) is 0.562. The standard InChI is InChI=1S/C14H21N3O3/c1-10(11-5-8-20-9-6-11)16-14(18)17-12-4-3-7-15-13(12)19-2/h3-4,7,10-11H,5-6,8-9H2,1-2H3,(H2,16,17,18). The van der Waals surface area contributed by atoms with Gasteiger partial charge in [0.25, 0.3) is 0 Å². The van der Waals surface area contributed by atoms with Gasteiger partial charge in [-0.25, -0.2) is 9.78 Å². The lowest BCUT2D eigenvalue weighted by molar-refractivity contribution is 0.0573. The normalized spacial score (nSPS) is 17.3. The van der Waals surface area contributed by atoms with Crippen molar-refractivity contribution >= 4 is 11.7 Å². The quantitative estimate of drug-likeness (QED) is 0.884. The number of ether oxygens (including phenoxy) is 2. The number of nitrogens with zero attached hydrogens (tertiary/aromatic N) is 1. The third kappa shape index (κ3) is 3.84. The van der Waals surface area contributed by atoms with Crippen molar-refractivity contribution in [1.29, 1.82) is 0 Å². The Morgan fingerprint density at radius 3 is 2.95 bits per heavy atom. The Kier molecular flexibility index (Phi) is 5.17. The second-order valence-corrected chi connectivity index (χ2v) is 4.90. The molecule has 0 spiro atoms. The lowest BCUT2D eigenvalue weighted by Gasteiger charge is -2.28. The number of carbonyl (C=O) groups excluding carboxylic acids is 1. The van der Waals surface area contributed by atoms with Gasteiger partial charge >= 0.3 is 6.03 Å². The maximum absolute atomic E-state index is 12.0. The van der Waals surface area contributed by atoms with Gasteiger partial charge in [0.1, 0.15) is 5.69 Å². The molecule has 1 fully saturated rings. The van der Waals surface area contributed by atoms with Crippen LogP contribution in [-0.2, 0) is 4.74 Å². The highest BCUT2D eigenvalue weighted by atomic mass is 16.5. The molecule has 6 heteroatoms. The molecule has 2 rings (SSSR count). The van der Waals surface area contributed by atoms with E-state index in [-0.39, 0.29) is 12.1 Å². The average Bonchev–Trinajstić information content (AvgIpc) is 2.48. The Hall–Kier alpha value is -1.82. The fourth-order valence-corrected chi connectivity index (χ4v) is 2.35. The molecule has 1 aliphatic heterocycles. The molecule has 1 saturated heterocycles. The molecule has 0 bridgehead atoms. The zero-order chi connectivity index (χ0) is 14.4. The Morgan fingerprint density at radius 2 is 2.25 bits per heavy atom. The van der Waals surface area contributed by atoms with E-state index >= 15 is 0 Å². The molecule has 6 nitrogen and oxygen atoms in total. The van der Waals surface area contributed by atoms with Crippen LogP contribution in [-0.4, -0.2) is 37.4 Å². The van der Waals surface area contributed by atoms with Crippen LogP contribution in [0, 0.1) is 5.92 Å². The van der Waals surface area contributed by atoms with Crippen molar-refractivity contribution in [3.05, 3.63) is 18.3 Å². The van der Waals surface area contributed by atoms with Gasteiger partial charge in [-0.2, -0.15) is 0 Å². The smallest absolute Gasteiger partial charge is 0.319 e. The van der Waals surface area contributed by atoms with Crippen molar-refractivity contribution in [3.8, 4) is 5.88 Å². The van der Waals surface area contributed by atoms with E-state index in [0.717, 1.165) is 26.1 Å². The number of nitrogens with one attached hydrogen (secondary N) is 2. The molecule has 1 aromatic heterocycles. The second kappa shape index (κ2) is 7.09. The van der Waals surface area contributed by atoms with E-state index in [2.05, 4.69) is 15.6 Å². The molecule has 2 heterocycles. The number of pyridine rings is 1. The van der Waals surface area contributed by atoms with Crippen LogP contribution in [0.5, 0.6) is 5.88 Å². The van der Waals surface area contributed by atoms with Crippen LogP contribution < -0.4 is 15.4 Å². The van der Waals surface area contributed by atoms with E-state index < -0.39 is 0 Å². The van der Waals surface area contributed by atoms with E-state index in [1.165, 1.54) is 7.11 Å². The highest BCUT2D eigenvalue weighted by Crippen LogP contribution is 2.21. The summed E-state index contributed by atoms with van der Waals surface area (Å²) in [6.07, 6.45) is 3.59. The molecule has 0 aliphatic carbocycles. The number of hydrogen-bond acceptors (Lipinski definition) is 4. The molecule has 20 heavy (non-hydrogen) atoms. The summed E-state index contributed by atoms with van der Waals surface area (Å²) in [5, 5.41) is 5.72. The summed E-state index contributed by atoms with van der Waals surface area (Å²) in [6.45, 7) is 3.57. The van der Waals surface area contributed by atoms with Crippen molar-refractivity contribution in [1.82, 2.24) is 10.3 Å². The molecular weight excluding hydrogens is 258 g/mol. The second-order valence-electron chi connectivity index (χ2n) is 4.90. The topological polar surface area (TPSA) is 72.5 Å². The summed E-state index contributed by atoms with van der Waals surface area (Å²) in [6, 6.07) is 3.38. The molecule has 2 N–H and O–H groups in total. The van der Waals surface area contributed by atoms with Crippen LogP contribution in [0.15, 0.2) is 18.3 Å². The zero-order valence-electron chi connectivity index (χ0n) is 11.9. The van der Waals surface area contributed by atoms with Gasteiger partial charge < -0.3 is 20.1 Å². The lowest BCUT2D eigenvalue weighted by atomic mass is 9.93. The predicted molar refractivity (Wildman–Crippen MR) is 75.9 cm³/mol. The number of methoxy groups -OCH3 is 1. The van der Waals surface area contributed by atoms with Crippen LogP contribution in [0.25, 0.3) is 0 Å². The van der Waals surface area contributed by atoms with E-state index in [1.807, 2.05) is 6.92 Å². The number of amides is 2. The molecule has 110 valence electrons. The van der Waals surface area contributed by atoms with Crippen molar-refractivity contribution in [2.75, 3.05) is 25.6 Å². The van der Waals surface area contributed by atoms with Crippen LogP contribution >= 0.6 is 0 Å². The van der Waals surface area contributed by atoms with Gasteiger partial charge in [0, 0.05) is 25.5 Å². The third-order valence-corrected chi connectivity index (χ3v) is 3.54. The number of anilines is 1. The summed E-state index contributed by atoms with van der Waals surface area (Å²) in [4.78, 5) is 16.0. The summed E-state index contributed by atoms with van der Waals surface area (Å²) in [5.74, 6) is 0.867. The zero-order valence-corrected chi connectivity index (χ0v) is 11.9. The Morgan fingerprint density at radius 1 is 1.50 bits per heavy atom. The largest absolute Gasteiger partial charge is 0.480 e. The number of carbonyl (C=O) groups is 1. The molecule has 0 saturated carbocycles. The lowest BCUT2D eigenvalue weighted by Crippen LogP contribution is -2.42. The molecule has 2 amide bonds. The molecule has 0 radical (unpaired) electrons. The first-order valence-electron chi connectivity index (χ1n) is 6.85. The minimum Gasteiger partial charge on any atom is -0.480 e. The van der Waals surface area contributed by atoms with Crippen LogP contribution in [0.4, 0.5) is 10.5 Å². The maximum Gasteiger partial charge on any atom is 0.319 e. The van der Waals surface area contributed by atoms with Gasteiger partial charge in [0.2, 0.25) is 5.88 Å². The number of rotatable bonds is 4. The van der Waals surface area contributed by atoms with Gasteiger partial charge in [-0.1, -0.05) is 0 Å². The molecule has 1 aliphatic rings. The number of hydrogen-bond donors (Lipinski definition) is 2. The minimum absolute atomic E-state index is 0.113. The number of urea groups is 1. The first-order chi connectivity index (χ1) is 9.70. The number of aromatic nitrogens is 1. The monoisotopic (exact) mass is 279 g/mol. The molecule has 1 atom stereocenters. The highest BCUT2D eigenvalue weighted by Gasteiger charge is 2.22. The third-order valence-electron chi connectivity index (χ3n) is 3.54. The van der Waals surface area contributed by atoms with Crippen LogP contribution in [0.2, 0.25) is 0 Å². The Balaban J connectivity index is 1.88. The Labute approximate surface area is 118 Å². The predicted octanol–water partition coefficient (Wildman–Crippen LogP) is 2.03. The van der Waals surface area contributed by atoms with E-state index in [1.54, 1.807) is 18.3 Å². The molecule has 0 aromatic carbocycles. The van der Waals surface area contributed by atoms with Gasteiger partial charge in [-0.3, -0.25) is 0 Å². The first kappa shape index (κ1) is 14.6. The van der Waals surface area contributed by atoms with Crippen molar-refractivity contribution in [2.45, 2.75) is 25.8 Å². The summed E-state index contributed by atoms with van der Waals surface area (Å²) in [7, 11) is 1.52. The van der Waals surface area contributed by atoms with Gasteiger partial charge in [-0.15, -0.1) is 0 Å². The van der Waals surface area contributed by atoms with Crippen molar-refractivity contribution in [3.63, 3.8) is 0 Å². The molecule has 1 aromatic rings. The molecule has 1 unspecified atom stereocenters. The van der Waals surface area contributed by atoms with E-state index in [9.17, 15) is 4.79 Å². The van der Waals surface area contributed by atoms with Crippen molar-refractivity contribution in [2.24, 2.45) is 5.92 Å². The fraction of sp³-hybridized carbons (Fsp3) is 0.571. The summed E-state index contributed by atoms with van der Waals surface area (Å²) >= 11 is 0. The van der Waals surface area contributed by atoms with Gasteiger partial charge in [0.05, 0.1) is 7.11 Å². The SMILES string of the molecule is COc1ncccc1NC(=O)NC(C)C1CCOCC1. The maximum atomic E-state index is 12.0. The molecular formula is C14H21N3O3. The van der Waals surface area contributed by atoms with E-state index in [0.29, 0.717) is 17.5 Å².